The molecule has 2 aromatic rings. The molecule has 1 heterocycles. The van der Waals surface area contributed by atoms with Crippen molar-refractivity contribution in [2.24, 2.45) is 5.92 Å². The van der Waals surface area contributed by atoms with Gasteiger partial charge in [0.2, 0.25) is 0 Å². The molecule has 4 heteroatoms. The average molecular weight is 240 g/mol. The first-order valence-electron chi connectivity index (χ1n) is 5.98. The first-order valence-corrected chi connectivity index (χ1v) is 5.98. The Morgan fingerprint density at radius 1 is 1.44 bits per heavy atom. The van der Waals surface area contributed by atoms with E-state index in [4.69, 9.17) is 0 Å². The van der Waals surface area contributed by atoms with Crippen molar-refractivity contribution in [3.8, 4) is 11.8 Å². The van der Waals surface area contributed by atoms with Crippen molar-refractivity contribution in [3.05, 3.63) is 42.2 Å². The molecule has 0 aliphatic rings. The summed E-state index contributed by atoms with van der Waals surface area (Å²) < 4.78 is 1.74. The number of benzene rings is 1. The van der Waals surface area contributed by atoms with Crippen LogP contribution in [0.5, 0.6) is 0 Å². The standard InChI is InChI=1S/C14H16N4/c1-11(2)10-16-14-5-4-13(8-12(14)9-15)18-7-3-6-17-18/h3-8,11,16H,10H2,1-2H3. The van der Waals surface area contributed by atoms with Gasteiger partial charge < -0.3 is 5.32 Å². The predicted octanol–water partition coefficient (Wildman–Crippen LogP) is 2.81. The minimum atomic E-state index is 0.544. The normalized spacial score (nSPS) is 10.3. The average Bonchev–Trinajstić information content (AvgIpc) is 2.90. The van der Waals surface area contributed by atoms with E-state index in [1.54, 1.807) is 10.9 Å². The fourth-order valence-corrected chi connectivity index (χ4v) is 1.66. The Labute approximate surface area is 107 Å². The molecule has 1 N–H and O–H groups in total. The van der Waals surface area contributed by atoms with Gasteiger partial charge in [0.25, 0.3) is 0 Å². The quantitative estimate of drug-likeness (QED) is 0.894. The van der Waals surface area contributed by atoms with Crippen molar-refractivity contribution < 1.29 is 0 Å². The van der Waals surface area contributed by atoms with Gasteiger partial charge >= 0.3 is 0 Å². The van der Waals surface area contributed by atoms with Gasteiger partial charge in [0.1, 0.15) is 6.07 Å². The lowest BCUT2D eigenvalue weighted by molar-refractivity contribution is 0.689. The molecule has 0 atom stereocenters. The highest BCUT2D eigenvalue weighted by molar-refractivity contribution is 5.61. The zero-order chi connectivity index (χ0) is 13.0. The van der Waals surface area contributed by atoms with E-state index in [1.807, 2.05) is 30.5 Å². The molecule has 0 amide bonds. The summed E-state index contributed by atoms with van der Waals surface area (Å²) in [6, 6.07) is 9.80. The predicted molar refractivity (Wildman–Crippen MR) is 71.6 cm³/mol. The van der Waals surface area contributed by atoms with Gasteiger partial charge in [-0.25, -0.2) is 4.68 Å². The van der Waals surface area contributed by atoms with Crippen molar-refractivity contribution in [1.82, 2.24) is 9.78 Å². The number of anilines is 1. The molecule has 1 aromatic heterocycles. The summed E-state index contributed by atoms with van der Waals surface area (Å²) in [5.74, 6) is 0.544. The first-order chi connectivity index (χ1) is 8.70. The smallest absolute Gasteiger partial charge is 0.101 e. The van der Waals surface area contributed by atoms with Crippen LogP contribution in [0, 0.1) is 17.2 Å². The Balaban J connectivity index is 2.27. The molecule has 18 heavy (non-hydrogen) atoms. The molecular formula is C14H16N4. The van der Waals surface area contributed by atoms with E-state index in [-0.39, 0.29) is 0 Å². The van der Waals surface area contributed by atoms with Crippen LogP contribution in [0.3, 0.4) is 0 Å². The second-order valence-electron chi connectivity index (χ2n) is 4.57. The van der Waals surface area contributed by atoms with Crippen molar-refractivity contribution in [2.45, 2.75) is 13.8 Å². The van der Waals surface area contributed by atoms with Crippen molar-refractivity contribution in [2.75, 3.05) is 11.9 Å². The maximum atomic E-state index is 9.19. The fraction of sp³-hybridized carbons (Fsp3) is 0.286. The molecular weight excluding hydrogens is 224 g/mol. The van der Waals surface area contributed by atoms with Crippen LogP contribution in [-0.2, 0) is 0 Å². The zero-order valence-corrected chi connectivity index (χ0v) is 10.6. The minimum absolute atomic E-state index is 0.544. The lowest BCUT2D eigenvalue weighted by atomic mass is 10.1. The Kier molecular flexibility index (Phi) is 3.63. The van der Waals surface area contributed by atoms with Crippen molar-refractivity contribution in [1.29, 1.82) is 5.26 Å². The Morgan fingerprint density at radius 3 is 2.89 bits per heavy atom. The molecule has 0 unspecified atom stereocenters. The second-order valence-corrected chi connectivity index (χ2v) is 4.57. The highest BCUT2D eigenvalue weighted by Crippen LogP contribution is 2.19. The number of rotatable bonds is 4. The zero-order valence-electron chi connectivity index (χ0n) is 10.6. The molecule has 0 spiro atoms. The third-order valence-corrected chi connectivity index (χ3v) is 2.59. The molecule has 0 fully saturated rings. The van der Waals surface area contributed by atoms with Crippen LogP contribution in [0.25, 0.3) is 5.69 Å². The van der Waals surface area contributed by atoms with Crippen LogP contribution in [0.4, 0.5) is 5.69 Å². The number of nitrogens with zero attached hydrogens (tertiary/aromatic N) is 3. The molecule has 2 rings (SSSR count). The summed E-state index contributed by atoms with van der Waals surface area (Å²) in [5.41, 5.74) is 2.41. The van der Waals surface area contributed by atoms with E-state index in [0.29, 0.717) is 11.5 Å². The van der Waals surface area contributed by atoms with Crippen LogP contribution < -0.4 is 5.32 Å². The van der Waals surface area contributed by atoms with Crippen LogP contribution in [0.1, 0.15) is 19.4 Å². The van der Waals surface area contributed by atoms with Crippen LogP contribution in [0.2, 0.25) is 0 Å². The number of nitriles is 1. The molecule has 0 saturated heterocycles. The Bertz CT molecular complexity index is 550. The largest absolute Gasteiger partial charge is 0.384 e. The summed E-state index contributed by atoms with van der Waals surface area (Å²) in [6.45, 7) is 5.13. The SMILES string of the molecule is CC(C)CNc1ccc(-n2cccn2)cc1C#N. The van der Waals surface area contributed by atoms with Gasteiger partial charge in [-0.1, -0.05) is 13.8 Å². The van der Waals surface area contributed by atoms with Crippen molar-refractivity contribution >= 4 is 5.69 Å². The topological polar surface area (TPSA) is 53.6 Å². The molecule has 0 aliphatic heterocycles. The van der Waals surface area contributed by atoms with E-state index in [1.165, 1.54) is 0 Å². The van der Waals surface area contributed by atoms with Gasteiger partial charge in [0, 0.05) is 18.9 Å². The molecule has 0 aliphatic carbocycles. The van der Waals surface area contributed by atoms with E-state index in [2.05, 4.69) is 30.3 Å². The maximum absolute atomic E-state index is 9.19. The summed E-state index contributed by atoms with van der Waals surface area (Å²) in [7, 11) is 0. The Morgan fingerprint density at radius 2 is 2.28 bits per heavy atom. The lowest BCUT2D eigenvalue weighted by Crippen LogP contribution is -2.09. The number of nitrogens with one attached hydrogen (secondary N) is 1. The second kappa shape index (κ2) is 5.37. The van der Waals surface area contributed by atoms with Gasteiger partial charge in [0.05, 0.1) is 16.9 Å². The fourth-order valence-electron chi connectivity index (χ4n) is 1.66. The highest BCUT2D eigenvalue weighted by Gasteiger charge is 2.05. The minimum Gasteiger partial charge on any atom is -0.384 e. The molecule has 0 bridgehead atoms. The van der Waals surface area contributed by atoms with E-state index < -0.39 is 0 Å². The number of aromatic nitrogens is 2. The molecule has 1 aromatic carbocycles. The van der Waals surface area contributed by atoms with Gasteiger partial charge in [-0.15, -0.1) is 0 Å². The van der Waals surface area contributed by atoms with Crippen molar-refractivity contribution in [3.63, 3.8) is 0 Å². The third kappa shape index (κ3) is 2.69. The summed E-state index contributed by atoms with van der Waals surface area (Å²) in [5, 5.41) is 16.6. The maximum Gasteiger partial charge on any atom is 0.101 e. The van der Waals surface area contributed by atoms with Gasteiger partial charge in [-0.2, -0.15) is 10.4 Å². The molecule has 0 radical (unpaired) electrons. The van der Waals surface area contributed by atoms with E-state index in [9.17, 15) is 5.26 Å². The van der Waals surface area contributed by atoms with Gasteiger partial charge in [0.15, 0.2) is 0 Å². The van der Waals surface area contributed by atoms with Crippen LogP contribution in [-0.4, -0.2) is 16.3 Å². The third-order valence-electron chi connectivity index (χ3n) is 2.59. The summed E-state index contributed by atoms with van der Waals surface area (Å²) >= 11 is 0. The molecule has 92 valence electrons. The van der Waals surface area contributed by atoms with Crippen LogP contribution >= 0.6 is 0 Å². The van der Waals surface area contributed by atoms with Crippen LogP contribution in [0.15, 0.2) is 36.7 Å². The number of hydrogen-bond donors (Lipinski definition) is 1. The summed E-state index contributed by atoms with van der Waals surface area (Å²) in [4.78, 5) is 0. The van der Waals surface area contributed by atoms with E-state index in [0.717, 1.165) is 17.9 Å². The molecule has 0 saturated carbocycles. The van der Waals surface area contributed by atoms with Gasteiger partial charge in [-0.3, -0.25) is 0 Å². The molecule has 4 nitrogen and oxygen atoms in total. The monoisotopic (exact) mass is 240 g/mol. The van der Waals surface area contributed by atoms with E-state index >= 15 is 0 Å². The summed E-state index contributed by atoms with van der Waals surface area (Å²) in [6.07, 6.45) is 3.58. The van der Waals surface area contributed by atoms with Gasteiger partial charge in [-0.05, 0) is 30.2 Å². The number of hydrogen-bond acceptors (Lipinski definition) is 3. The first kappa shape index (κ1) is 12.2. The lowest BCUT2D eigenvalue weighted by Gasteiger charge is -2.11. The highest BCUT2D eigenvalue weighted by atomic mass is 15.3. The Hall–Kier alpha value is -2.28.